The zero-order valence-electron chi connectivity index (χ0n) is 31.9. The maximum atomic E-state index is 13.4. The second-order valence-electron chi connectivity index (χ2n) is 13.8. The van der Waals surface area contributed by atoms with Gasteiger partial charge < -0.3 is 64.1 Å². The number of nitrogens with zero attached hydrogens (tertiary/aromatic N) is 1. The Morgan fingerprint density at radius 3 is 2.20 bits per heavy atom. The van der Waals surface area contributed by atoms with Crippen LogP contribution >= 0.6 is 0 Å². The molecule has 7 atom stereocenters. The number of carbonyl (C=O) groups is 8. The maximum Gasteiger partial charge on any atom is 0.245 e. The van der Waals surface area contributed by atoms with Gasteiger partial charge in [0, 0.05) is 30.1 Å². The van der Waals surface area contributed by atoms with Crippen LogP contribution in [0.15, 0.2) is 30.5 Å². The molecule has 56 heavy (non-hydrogen) atoms. The number of aliphatic hydroxyl groups excluding tert-OH is 1. The molecule has 308 valence electrons. The number of benzene rings is 1. The van der Waals surface area contributed by atoms with E-state index >= 15 is 0 Å². The fourth-order valence-electron chi connectivity index (χ4n) is 6.12. The molecule has 0 radical (unpaired) electrons. The van der Waals surface area contributed by atoms with E-state index < -0.39 is 96.8 Å². The van der Waals surface area contributed by atoms with Crippen molar-refractivity contribution in [1.29, 1.82) is 0 Å². The third-order valence-electron chi connectivity index (χ3n) is 9.33. The monoisotopic (exact) mass is 785 g/mol. The molecule has 0 saturated carbocycles. The molecule has 1 aliphatic heterocycles. The van der Waals surface area contributed by atoms with Crippen molar-refractivity contribution in [3.8, 4) is 0 Å². The zero-order valence-corrected chi connectivity index (χ0v) is 31.9. The van der Waals surface area contributed by atoms with Gasteiger partial charge in [0.25, 0.3) is 0 Å². The van der Waals surface area contributed by atoms with Crippen LogP contribution in [0.2, 0.25) is 0 Å². The summed E-state index contributed by atoms with van der Waals surface area (Å²) in [5.74, 6) is -5.69. The van der Waals surface area contributed by atoms with Gasteiger partial charge in [-0.25, -0.2) is 0 Å². The average Bonchev–Trinajstić information content (AvgIpc) is 3.82. The number of aromatic amines is 1. The first-order valence-corrected chi connectivity index (χ1v) is 18.6. The van der Waals surface area contributed by atoms with E-state index in [2.05, 4.69) is 36.9 Å². The number of unbranched alkanes of at least 4 members (excludes halogenated alkanes) is 1. The molecule has 20 nitrogen and oxygen atoms in total. The summed E-state index contributed by atoms with van der Waals surface area (Å²) in [5.41, 5.74) is 18.1. The number of rotatable bonds is 21. The van der Waals surface area contributed by atoms with E-state index in [0.717, 1.165) is 10.9 Å². The van der Waals surface area contributed by atoms with Crippen LogP contribution in [0.3, 0.4) is 0 Å². The summed E-state index contributed by atoms with van der Waals surface area (Å²) in [6.45, 7) is 3.46. The number of primary amides is 1. The Hall–Kier alpha value is -5.60. The molecule has 2 heterocycles. The van der Waals surface area contributed by atoms with Gasteiger partial charge in [0.2, 0.25) is 47.3 Å². The van der Waals surface area contributed by atoms with Crippen LogP contribution in [0.4, 0.5) is 0 Å². The van der Waals surface area contributed by atoms with Crippen LogP contribution in [0.25, 0.3) is 10.9 Å². The molecule has 20 heteroatoms. The summed E-state index contributed by atoms with van der Waals surface area (Å²) >= 11 is 0. The molecule has 1 aromatic carbocycles. The highest BCUT2D eigenvalue weighted by Crippen LogP contribution is 2.20. The number of amides is 8. The van der Waals surface area contributed by atoms with E-state index in [9.17, 15) is 43.5 Å². The number of aromatic nitrogens is 1. The van der Waals surface area contributed by atoms with Gasteiger partial charge in [-0.05, 0) is 71.0 Å². The lowest BCUT2D eigenvalue weighted by Crippen LogP contribution is -2.59. The van der Waals surface area contributed by atoms with Crippen molar-refractivity contribution in [1.82, 2.24) is 41.8 Å². The van der Waals surface area contributed by atoms with Crippen molar-refractivity contribution < 1.29 is 43.5 Å². The quantitative estimate of drug-likeness (QED) is 0.0546. The van der Waals surface area contributed by atoms with Gasteiger partial charge in [-0.15, -0.1) is 0 Å². The number of nitrogens with two attached hydrogens (primary N) is 3. The molecule has 0 spiro atoms. The van der Waals surface area contributed by atoms with Crippen LogP contribution in [-0.2, 0) is 44.8 Å². The minimum Gasteiger partial charge on any atom is -0.394 e. The molecular weight excluding hydrogens is 730 g/mol. The van der Waals surface area contributed by atoms with Gasteiger partial charge in [-0.1, -0.05) is 18.2 Å². The second kappa shape index (κ2) is 21.5. The molecule has 1 unspecified atom stereocenters. The normalized spacial score (nSPS) is 17.0. The standard InChI is InChI=1S/C36H55N11O9/c1-19(38)36(56)47-14-8-12-28(47)35(55)43-21(3)31(51)45-25(11-6-7-13-37)33(53)46-27(18-48)32(52)41-17-29(49)44-26(34(54)42-20(2)30(39)50)15-22-16-40-24-10-5-4-9-23(22)24/h4-5,9-10,16,19-21,25-28,40,48H,6-8,11-15,17-18,37-38H2,1-3H3,(H2,39,50)(H,41,52)(H,42,54)(H,43,55)(H,44,49)(H,45,51)(H,46,53)/t19-,20-,21?,25-,26-,27-,28-/m0/s1. The Bertz CT molecular complexity index is 1730. The fraction of sp³-hybridized carbons (Fsp3) is 0.556. The lowest BCUT2D eigenvalue weighted by atomic mass is 10.0. The van der Waals surface area contributed by atoms with Crippen molar-refractivity contribution >= 4 is 58.2 Å². The highest BCUT2D eigenvalue weighted by molar-refractivity contribution is 5.97. The van der Waals surface area contributed by atoms with Gasteiger partial charge in [0.05, 0.1) is 19.2 Å². The van der Waals surface area contributed by atoms with E-state index in [-0.39, 0.29) is 18.7 Å². The number of hydrogen-bond acceptors (Lipinski definition) is 11. The van der Waals surface area contributed by atoms with Gasteiger partial charge in [-0.3, -0.25) is 38.4 Å². The smallest absolute Gasteiger partial charge is 0.245 e. The van der Waals surface area contributed by atoms with Gasteiger partial charge in [0.15, 0.2) is 0 Å². The van der Waals surface area contributed by atoms with Crippen molar-refractivity contribution in [2.24, 2.45) is 17.2 Å². The average molecular weight is 786 g/mol. The lowest BCUT2D eigenvalue weighted by molar-refractivity contribution is -0.140. The molecule has 1 saturated heterocycles. The number of fused-ring (bicyclic) bond motifs is 1. The molecule has 8 amide bonds. The molecule has 0 aliphatic carbocycles. The highest BCUT2D eigenvalue weighted by Gasteiger charge is 2.37. The van der Waals surface area contributed by atoms with Crippen LogP contribution in [0, 0.1) is 0 Å². The summed E-state index contributed by atoms with van der Waals surface area (Å²) < 4.78 is 0. The van der Waals surface area contributed by atoms with Crippen molar-refractivity contribution in [3.05, 3.63) is 36.0 Å². The van der Waals surface area contributed by atoms with Crippen LogP contribution in [-0.4, -0.2) is 131 Å². The number of carbonyl (C=O) groups excluding carboxylic acids is 8. The molecule has 1 aliphatic rings. The first-order valence-electron chi connectivity index (χ1n) is 18.6. The number of hydrogen-bond donors (Lipinski definition) is 11. The summed E-state index contributed by atoms with van der Waals surface area (Å²) in [7, 11) is 0. The number of para-hydroxylation sites is 1. The topological polar surface area (TPSA) is 326 Å². The first-order chi connectivity index (χ1) is 26.6. The summed E-state index contributed by atoms with van der Waals surface area (Å²) in [4.78, 5) is 107. The largest absolute Gasteiger partial charge is 0.394 e. The Morgan fingerprint density at radius 1 is 0.857 bits per heavy atom. The van der Waals surface area contributed by atoms with E-state index in [1.54, 1.807) is 6.20 Å². The second-order valence-corrected chi connectivity index (χ2v) is 13.8. The van der Waals surface area contributed by atoms with Gasteiger partial charge >= 0.3 is 0 Å². The SMILES string of the molecule is CC(NC(=O)[C@@H]1CCCN1C(=O)[C@H](C)N)C(=O)N[C@@H](CCCCN)C(=O)N[C@@H](CO)C(=O)NCC(=O)N[C@@H](Cc1c[nH]c2ccccc12)C(=O)N[C@@H](C)C(N)=O. The van der Waals surface area contributed by atoms with Gasteiger partial charge in [0.1, 0.15) is 36.3 Å². The lowest BCUT2D eigenvalue weighted by Gasteiger charge is -2.27. The molecule has 1 fully saturated rings. The predicted octanol–water partition coefficient (Wildman–Crippen LogP) is -3.76. The minimum absolute atomic E-state index is 0.0160. The predicted molar refractivity (Wildman–Crippen MR) is 204 cm³/mol. The van der Waals surface area contributed by atoms with E-state index in [1.165, 1.54) is 25.7 Å². The number of H-pyrrole nitrogens is 1. The minimum atomic E-state index is -1.54. The number of nitrogens with one attached hydrogen (secondary N) is 7. The Balaban J connectivity index is 1.62. The Labute approximate surface area is 324 Å². The zero-order chi connectivity index (χ0) is 41.5. The van der Waals surface area contributed by atoms with Gasteiger partial charge in [-0.2, -0.15) is 0 Å². The molecule has 3 rings (SSSR count). The number of aliphatic hydroxyl groups is 1. The van der Waals surface area contributed by atoms with Crippen LogP contribution in [0.1, 0.15) is 58.4 Å². The molecule has 2 aromatic rings. The molecule has 14 N–H and O–H groups in total. The molecule has 0 bridgehead atoms. The Morgan fingerprint density at radius 2 is 1.54 bits per heavy atom. The maximum absolute atomic E-state index is 13.4. The van der Waals surface area contributed by atoms with E-state index in [4.69, 9.17) is 17.2 Å². The third-order valence-corrected chi connectivity index (χ3v) is 9.33. The van der Waals surface area contributed by atoms with E-state index in [0.29, 0.717) is 44.3 Å². The summed E-state index contributed by atoms with van der Waals surface area (Å²) in [6, 6.07) is -0.373. The third kappa shape index (κ3) is 12.7. The van der Waals surface area contributed by atoms with Crippen molar-refractivity contribution in [2.75, 3.05) is 26.2 Å². The van der Waals surface area contributed by atoms with Crippen LogP contribution < -0.4 is 49.1 Å². The Kier molecular flexibility index (Phi) is 17.2. The van der Waals surface area contributed by atoms with Crippen molar-refractivity contribution in [2.45, 2.75) is 102 Å². The molecular formula is C36H55N11O9. The number of likely N-dealkylation sites (tertiary alicyclic amines) is 1. The van der Waals surface area contributed by atoms with Crippen molar-refractivity contribution in [3.63, 3.8) is 0 Å². The van der Waals surface area contributed by atoms with E-state index in [1.807, 2.05) is 24.3 Å². The highest BCUT2D eigenvalue weighted by atomic mass is 16.3. The fourth-order valence-corrected chi connectivity index (χ4v) is 6.12. The molecule has 1 aromatic heterocycles. The summed E-state index contributed by atoms with van der Waals surface area (Å²) in [6.07, 6.45) is 3.71. The van der Waals surface area contributed by atoms with Crippen LogP contribution in [0.5, 0.6) is 0 Å². The summed E-state index contributed by atoms with van der Waals surface area (Å²) in [5, 5.41) is 25.7. The first kappa shape index (κ1) is 44.8.